The van der Waals surface area contributed by atoms with Crippen molar-refractivity contribution >= 4 is 17.2 Å². The lowest BCUT2D eigenvalue weighted by molar-refractivity contribution is 0.112. The SMILES string of the molecule is CCc1cc2[nH]ccc2cc1C=O. The van der Waals surface area contributed by atoms with Crippen molar-refractivity contribution in [2.75, 3.05) is 0 Å². The van der Waals surface area contributed by atoms with Gasteiger partial charge in [-0.25, -0.2) is 0 Å². The fraction of sp³-hybridized carbons (Fsp3) is 0.182. The van der Waals surface area contributed by atoms with Crippen molar-refractivity contribution in [3.8, 4) is 0 Å². The molecule has 0 radical (unpaired) electrons. The van der Waals surface area contributed by atoms with Crippen molar-refractivity contribution in [1.29, 1.82) is 0 Å². The van der Waals surface area contributed by atoms with Crippen LogP contribution in [-0.2, 0) is 6.42 Å². The van der Waals surface area contributed by atoms with Gasteiger partial charge in [0, 0.05) is 22.7 Å². The normalized spacial score (nSPS) is 10.5. The highest BCUT2D eigenvalue weighted by Crippen LogP contribution is 2.18. The van der Waals surface area contributed by atoms with E-state index >= 15 is 0 Å². The molecule has 0 saturated carbocycles. The maximum absolute atomic E-state index is 10.7. The molecule has 0 bridgehead atoms. The van der Waals surface area contributed by atoms with Crippen LogP contribution < -0.4 is 0 Å². The Balaban J connectivity index is 2.73. The van der Waals surface area contributed by atoms with Crippen LogP contribution in [0.4, 0.5) is 0 Å². The van der Waals surface area contributed by atoms with Gasteiger partial charge >= 0.3 is 0 Å². The monoisotopic (exact) mass is 173 g/mol. The van der Waals surface area contributed by atoms with E-state index in [9.17, 15) is 4.79 Å². The van der Waals surface area contributed by atoms with E-state index in [-0.39, 0.29) is 0 Å². The molecule has 0 spiro atoms. The lowest BCUT2D eigenvalue weighted by Crippen LogP contribution is -1.90. The quantitative estimate of drug-likeness (QED) is 0.695. The van der Waals surface area contributed by atoms with Gasteiger partial charge in [0.15, 0.2) is 0 Å². The number of nitrogens with one attached hydrogen (secondary N) is 1. The summed E-state index contributed by atoms with van der Waals surface area (Å²) < 4.78 is 0. The summed E-state index contributed by atoms with van der Waals surface area (Å²) in [6.45, 7) is 2.05. The molecule has 1 aromatic carbocycles. The molecule has 0 atom stereocenters. The Morgan fingerprint density at radius 2 is 2.31 bits per heavy atom. The van der Waals surface area contributed by atoms with Crippen LogP contribution in [0.1, 0.15) is 22.8 Å². The predicted octanol–water partition coefficient (Wildman–Crippen LogP) is 2.54. The van der Waals surface area contributed by atoms with Crippen LogP contribution in [0.2, 0.25) is 0 Å². The van der Waals surface area contributed by atoms with Crippen molar-refractivity contribution in [3.63, 3.8) is 0 Å². The largest absolute Gasteiger partial charge is 0.361 e. The molecule has 0 aliphatic rings. The van der Waals surface area contributed by atoms with Crippen molar-refractivity contribution < 1.29 is 4.79 Å². The van der Waals surface area contributed by atoms with Crippen LogP contribution >= 0.6 is 0 Å². The Morgan fingerprint density at radius 1 is 1.46 bits per heavy atom. The molecule has 1 aromatic heterocycles. The first-order valence-corrected chi connectivity index (χ1v) is 4.40. The number of hydrogen-bond acceptors (Lipinski definition) is 1. The summed E-state index contributed by atoms with van der Waals surface area (Å²) in [4.78, 5) is 13.9. The van der Waals surface area contributed by atoms with E-state index in [0.29, 0.717) is 0 Å². The molecular formula is C11H11NO. The number of H-pyrrole nitrogens is 1. The third-order valence-electron chi connectivity index (χ3n) is 2.32. The van der Waals surface area contributed by atoms with E-state index in [1.54, 1.807) is 0 Å². The zero-order valence-electron chi connectivity index (χ0n) is 7.50. The third-order valence-corrected chi connectivity index (χ3v) is 2.32. The zero-order chi connectivity index (χ0) is 9.26. The Labute approximate surface area is 76.6 Å². The number of rotatable bonds is 2. The number of aryl methyl sites for hydroxylation is 1. The highest BCUT2D eigenvalue weighted by atomic mass is 16.1. The summed E-state index contributed by atoms with van der Waals surface area (Å²) in [6.07, 6.45) is 3.70. The average molecular weight is 173 g/mol. The smallest absolute Gasteiger partial charge is 0.150 e. The third kappa shape index (κ3) is 1.24. The summed E-state index contributed by atoms with van der Waals surface area (Å²) in [5.74, 6) is 0. The number of fused-ring (bicyclic) bond motifs is 1. The molecule has 0 fully saturated rings. The maximum atomic E-state index is 10.7. The topological polar surface area (TPSA) is 32.9 Å². The summed E-state index contributed by atoms with van der Waals surface area (Å²) in [5, 5.41) is 1.10. The second-order valence-electron chi connectivity index (χ2n) is 3.09. The van der Waals surface area contributed by atoms with Gasteiger partial charge in [-0.15, -0.1) is 0 Å². The van der Waals surface area contributed by atoms with Gasteiger partial charge in [0.25, 0.3) is 0 Å². The van der Waals surface area contributed by atoms with Gasteiger partial charge in [-0.2, -0.15) is 0 Å². The van der Waals surface area contributed by atoms with Gasteiger partial charge in [-0.1, -0.05) is 6.92 Å². The minimum atomic E-state index is 0.801. The predicted molar refractivity (Wildman–Crippen MR) is 53.1 cm³/mol. The molecule has 0 aliphatic carbocycles. The molecule has 0 saturated heterocycles. The second-order valence-corrected chi connectivity index (χ2v) is 3.09. The Morgan fingerprint density at radius 3 is 3.00 bits per heavy atom. The maximum Gasteiger partial charge on any atom is 0.150 e. The van der Waals surface area contributed by atoms with Crippen LogP contribution in [0.15, 0.2) is 24.4 Å². The van der Waals surface area contributed by atoms with Crippen molar-refractivity contribution in [1.82, 2.24) is 4.98 Å². The first-order chi connectivity index (χ1) is 6.35. The van der Waals surface area contributed by atoms with Crippen molar-refractivity contribution in [2.24, 2.45) is 0 Å². The van der Waals surface area contributed by atoms with Gasteiger partial charge in [-0.05, 0) is 30.2 Å². The number of carbonyl (C=O) groups is 1. The van der Waals surface area contributed by atoms with Crippen LogP contribution in [0, 0.1) is 0 Å². The summed E-state index contributed by atoms with van der Waals surface area (Å²) in [5.41, 5.74) is 3.00. The fourth-order valence-electron chi connectivity index (χ4n) is 1.58. The number of aromatic amines is 1. The molecule has 2 nitrogen and oxygen atoms in total. The Hall–Kier alpha value is -1.57. The Kier molecular flexibility index (Phi) is 1.89. The van der Waals surface area contributed by atoms with E-state index in [4.69, 9.17) is 0 Å². The minimum Gasteiger partial charge on any atom is -0.361 e. The molecule has 0 amide bonds. The first-order valence-electron chi connectivity index (χ1n) is 4.40. The zero-order valence-corrected chi connectivity index (χ0v) is 7.50. The highest BCUT2D eigenvalue weighted by Gasteiger charge is 2.02. The van der Waals surface area contributed by atoms with E-state index in [2.05, 4.69) is 11.9 Å². The number of benzene rings is 1. The lowest BCUT2D eigenvalue weighted by atomic mass is 10.0. The number of aldehydes is 1. The van der Waals surface area contributed by atoms with Crippen LogP contribution in [-0.4, -0.2) is 11.3 Å². The summed E-state index contributed by atoms with van der Waals surface area (Å²) >= 11 is 0. The standard InChI is InChI=1S/C11H11NO/c1-2-8-6-11-9(3-4-12-11)5-10(8)7-13/h3-7,12H,2H2,1H3. The lowest BCUT2D eigenvalue weighted by Gasteiger charge is -2.01. The van der Waals surface area contributed by atoms with Gasteiger partial charge in [0.2, 0.25) is 0 Å². The molecule has 2 rings (SSSR count). The summed E-state index contributed by atoms with van der Waals surface area (Å²) in [6, 6.07) is 5.94. The van der Waals surface area contributed by atoms with Gasteiger partial charge in [0.1, 0.15) is 6.29 Å². The van der Waals surface area contributed by atoms with Crippen molar-refractivity contribution in [3.05, 3.63) is 35.5 Å². The fourth-order valence-corrected chi connectivity index (χ4v) is 1.58. The van der Waals surface area contributed by atoms with E-state index < -0.39 is 0 Å². The first kappa shape index (κ1) is 8.05. The summed E-state index contributed by atoms with van der Waals surface area (Å²) in [7, 11) is 0. The van der Waals surface area contributed by atoms with E-state index in [1.165, 1.54) is 0 Å². The molecule has 13 heavy (non-hydrogen) atoms. The Bertz CT molecular complexity index is 442. The van der Waals surface area contributed by atoms with E-state index in [0.717, 1.165) is 34.7 Å². The number of carbonyl (C=O) groups excluding carboxylic acids is 1. The molecule has 66 valence electrons. The minimum absolute atomic E-state index is 0.801. The second kappa shape index (κ2) is 3.05. The van der Waals surface area contributed by atoms with Crippen LogP contribution in [0.5, 0.6) is 0 Å². The molecule has 2 aromatic rings. The molecule has 2 heteroatoms. The molecule has 1 N–H and O–H groups in total. The number of aromatic nitrogens is 1. The van der Waals surface area contributed by atoms with Gasteiger partial charge in [-0.3, -0.25) is 4.79 Å². The average Bonchev–Trinajstić information content (AvgIpc) is 2.62. The van der Waals surface area contributed by atoms with Crippen LogP contribution in [0.25, 0.3) is 10.9 Å². The van der Waals surface area contributed by atoms with Crippen LogP contribution in [0.3, 0.4) is 0 Å². The van der Waals surface area contributed by atoms with E-state index in [1.807, 2.05) is 24.4 Å². The molecular weight excluding hydrogens is 162 g/mol. The molecule has 0 unspecified atom stereocenters. The molecule has 1 heterocycles. The molecule has 0 aliphatic heterocycles. The van der Waals surface area contributed by atoms with Gasteiger partial charge < -0.3 is 4.98 Å². The number of hydrogen-bond donors (Lipinski definition) is 1. The van der Waals surface area contributed by atoms with Gasteiger partial charge in [0.05, 0.1) is 0 Å². The van der Waals surface area contributed by atoms with Crippen molar-refractivity contribution in [2.45, 2.75) is 13.3 Å². The highest BCUT2D eigenvalue weighted by molar-refractivity contribution is 5.89.